The molecule has 2 heterocycles. The van der Waals surface area contributed by atoms with Crippen molar-refractivity contribution in [2.45, 2.75) is 0 Å². The third kappa shape index (κ3) is 5.02. The summed E-state index contributed by atoms with van der Waals surface area (Å²) in [5.41, 5.74) is 1.09. The molecule has 0 bridgehead atoms. The van der Waals surface area contributed by atoms with Crippen molar-refractivity contribution in [2.75, 3.05) is 10.6 Å². The van der Waals surface area contributed by atoms with Gasteiger partial charge in [0.05, 0.1) is 23.9 Å². The third-order valence-corrected chi connectivity index (χ3v) is 3.78. The summed E-state index contributed by atoms with van der Waals surface area (Å²) >= 11 is 10.3. The highest BCUT2D eigenvalue weighted by molar-refractivity contribution is 7.80. The second-order valence-corrected chi connectivity index (χ2v) is 6.13. The molecule has 0 saturated carbocycles. The van der Waals surface area contributed by atoms with Crippen LogP contribution in [-0.2, 0) is 0 Å². The van der Waals surface area contributed by atoms with Crippen LogP contribution in [-0.4, -0.2) is 22.0 Å². The van der Waals surface area contributed by atoms with Crippen LogP contribution in [0.2, 0.25) is 0 Å². The van der Waals surface area contributed by atoms with Crippen molar-refractivity contribution in [3.8, 4) is 0 Å². The topological polar surface area (TPSA) is 109 Å². The second kappa shape index (κ2) is 8.93. The number of thiocarbonyl (C=S) groups is 2. The maximum Gasteiger partial charge on any atom is 0.293 e. The number of carbonyl (C=O) groups is 2. The summed E-state index contributed by atoms with van der Waals surface area (Å²) in [7, 11) is 0. The fourth-order valence-electron chi connectivity index (χ4n) is 2.15. The minimum atomic E-state index is -0.478. The van der Waals surface area contributed by atoms with Crippen LogP contribution in [0.3, 0.4) is 0 Å². The van der Waals surface area contributed by atoms with Gasteiger partial charge in [-0.05, 0) is 60.8 Å². The molecule has 0 aliphatic carbocycles. The molecule has 28 heavy (non-hydrogen) atoms. The number of furan rings is 2. The maximum atomic E-state index is 12.0. The number of amides is 2. The molecule has 142 valence electrons. The minimum absolute atomic E-state index is 0.0705. The minimum Gasteiger partial charge on any atom is -0.459 e. The molecule has 8 nitrogen and oxygen atoms in total. The van der Waals surface area contributed by atoms with Crippen molar-refractivity contribution in [2.24, 2.45) is 0 Å². The molecule has 3 rings (SSSR count). The molecule has 0 unspecified atom stereocenters. The number of nitrogens with one attached hydrogen (secondary N) is 4. The van der Waals surface area contributed by atoms with Crippen LogP contribution < -0.4 is 21.3 Å². The molecule has 3 aromatic rings. The van der Waals surface area contributed by atoms with E-state index in [4.69, 9.17) is 33.3 Å². The van der Waals surface area contributed by atoms with Crippen LogP contribution >= 0.6 is 24.4 Å². The van der Waals surface area contributed by atoms with Crippen molar-refractivity contribution in [1.82, 2.24) is 10.6 Å². The van der Waals surface area contributed by atoms with E-state index >= 15 is 0 Å². The Morgan fingerprint density at radius 1 is 0.679 bits per heavy atom. The Kier molecular flexibility index (Phi) is 6.14. The fourth-order valence-corrected chi connectivity index (χ4v) is 2.56. The number of hydrogen-bond donors (Lipinski definition) is 4. The second-order valence-electron chi connectivity index (χ2n) is 5.32. The Bertz CT molecular complexity index is 919. The first-order valence-electron chi connectivity index (χ1n) is 7.93. The lowest BCUT2D eigenvalue weighted by atomic mass is 10.2. The van der Waals surface area contributed by atoms with Crippen LogP contribution in [0.25, 0.3) is 0 Å². The van der Waals surface area contributed by atoms with Crippen LogP contribution in [0.5, 0.6) is 0 Å². The molecule has 0 atom stereocenters. The van der Waals surface area contributed by atoms with E-state index in [9.17, 15) is 9.59 Å². The Morgan fingerprint density at radius 3 is 1.46 bits per heavy atom. The molecule has 10 heteroatoms. The summed E-state index contributed by atoms with van der Waals surface area (Å²) in [6, 6.07) is 13.2. The molecule has 2 amide bonds. The van der Waals surface area contributed by atoms with Gasteiger partial charge in [0.15, 0.2) is 21.7 Å². The monoisotopic (exact) mass is 414 g/mol. The SMILES string of the molecule is O=C(NC(=S)Nc1ccccc1NC(=S)NC(=O)c1ccco1)c1ccco1. The number of rotatable bonds is 4. The highest BCUT2D eigenvalue weighted by atomic mass is 32.1. The molecule has 0 radical (unpaired) electrons. The Labute approximate surface area is 170 Å². The van der Waals surface area contributed by atoms with Crippen LogP contribution in [0.1, 0.15) is 21.1 Å². The average molecular weight is 414 g/mol. The molecule has 0 saturated heterocycles. The lowest BCUT2D eigenvalue weighted by Crippen LogP contribution is -2.35. The Morgan fingerprint density at radius 2 is 1.11 bits per heavy atom. The predicted molar refractivity (Wildman–Crippen MR) is 111 cm³/mol. The summed E-state index contributed by atoms with van der Waals surface area (Å²) in [6.07, 6.45) is 2.78. The Hall–Kier alpha value is -3.50. The summed E-state index contributed by atoms with van der Waals surface area (Å²) in [6.45, 7) is 0. The van der Waals surface area contributed by atoms with Gasteiger partial charge in [0.1, 0.15) is 0 Å². The van der Waals surface area contributed by atoms with E-state index in [1.807, 2.05) is 0 Å². The van der Waals surface area contributed by atoms with Crippen molar-refractivity contribution in [3.63, 3.8) is 0 Å². The molecule has 4 N–H and O–H groups in total. The fraction of sp³-hybridized carbons (Fsp3) is 0. The molecular formula is C18H14N4O4S2. The first-order valence-corrected chi connectivity index (χ1v) is 8.75. The zero-order valence-electron chi connectivity index (χ0n) is 14.2. The van der Waals surface area contributed by atoms with Crippen LogP contribution in [0.4, 0.5) is 11.4 Å². The summed E-state index contributed by atoms with van der Waals surface area (Å²) < 4.78 is 10.0. The standard InChI is InChI=1S/C18H14N4O4S2/c23-15(13-7-3-9-25-13)21-17(27)19-11-5-1-2-6-12(11)20-18(28)22-16(24)14-8-4-10-26-14/h1-10H,(H2,19,21,23,27)(H2,20,22,24,28). The van der Waals surface area contributed by atoms with Gasteiger partial charge in [-0.1, -0.05) is 12.1 Å². The van der Waals surface area contributed by atoms with Gasteiger partial charge in [-0.2, -0.15) is 0 Å². The molecule has 2 aromatic heterocycles. The van der Waals surface area contributed by atoms with Crippen molar-refractivity contribution in [3.05, 3.63) is 72.6 Å². The van der Waals surface area contributed by atoms with Crippen molar-refractivity contribution < 1.29 is 18.4 Å². The van der Waals surface area contributed by atoms with Crippen LogP contribution in [0.15, 0.2) is 69.9 Å². The number of hydrogen-bond acceptors (Lipinski definition) is 6. The number of benzene rings is 1. The van der Waals surface area contributed by atoms with Crippen molar-refractivity contribution in [1.29, 1.82) is 0 Å². The lowest BCUT2D eigenvalue weighted by Gasteiger charge is -2.15. The predicted octanol–water partition coefficient (Wildman–Crippen LogP) is 3.13. The molecule has 0 aliphatic heterocycles. The van der Waals surface area contributed by atoms with E-state index in [2.05, 4.69) is 21.3 Å². The maximum absolute atomic E-state index is 12.0. The Balaban J connectivity index is 1.61. The smallest absolute Gasteiger partial charge is 0.293 e. The number of carbonyl (C=O) groups excluding carboxylic acids is 2. The summed E-state index contributed by atoms with van der Waals surface area (Å²) in [5, 5.41) is 10.9. The zero-order chi connectivity index (χ0) is 19.9. The number of anilines is 2. The lowest BCUT2D eigenvalue weighted by molar-refractivity contribution is 0.0943. The van der Waals surface area contributed by atoms with Gasteiger partial charge in [-0.3, -0.25) is 20.2 Å². The molecular weight excluding hydrogens is 400 g/mol. The van der Waals surface area contributed by atoms with E-state index in [-0.39, 0.29) is 21.7 Å². The number of para-hydroxylation sites is 2. The van der Waals surface area contributed by atoms with E-state index in [1.165, 1.54) is 24.7 Å². The summed E-state index contributed by atoms with van der Waals surface area (Å²) in [5.74, 6) is -0.682. The largest absolute Gasteiger partial charge is 0.459 e. The van der Waals surface area contributed by atoms with E-state index in [1.54, 1.807) is 36.4 Å². The first kappa shape index (κ1) is 19.3. The van der Waals surface area contributed by atoms with Crippen LogP contribution in [0, 0.1) is 0 Å². The zero-order valence-corrected chi connectivity index (χ0v) is 15.9. The van der Waals surface area contributed by atoms with Gasteiger partial charge >= 0.3 is 0 Å². The van der Waals surface area contributed by atoms with Gasteiger partial charge in [-0.25, -0.2) is 0 Å². The van der Waals surface area contributed by atoms with Gasteiger partial charge in [0.2, 0.25) is 0 Å². The molecule has 0 fully saturated rings. The highest BCUT2D eigenvalue weighted by Gasteiger charge is 2.13. The quantitative estimate of drug-likeness (QED) is 0.482. The third-order valence-electron chi connectivity index (χ3n) is 3.37. The van der Waals surface area contributed by atoms with Gasteiger partial charge in [0, 0.05) is 0 Å². The van der Waals surface area contributed by atoms with Gasteiger partial charge < -0.3 is 19.5 Å². The molecule has 0 aliphatic rings. The molecule has 0 spiro atoms. The van der Waals surface area contributed by atoms with E-state index < -0.39 is 11.8 Å². The first-order chi connectivity index (χ1) is 13.5. The van der Waals surface area contributed by atoms with E-state index in [0.29, 0.717) is 11.4 Å². The van der Waals surface area contributed by atoms with Gasteiger partial charge in [-0.15, -0.1) is 0 Å². The van der Waals surface area contributed by atoms with E-state index in [0.717, 1.165) is 0 Å². The summed E-state index contributed by atoms with van der Waals surface area (Å²) in [4.78, 5) is 24.0. The highest BCUT2D eigenvalue weighted by Crippen LogP contribution is 2.21. The average Bonchev–Trinajstić information content (AvgIpc) is 3.37. The molecule has 1 aromatic carbocycles. The van der Waals surface area contributed by atoms with Gasteiger partial charge in [0.25, 0.3) is 11.8 Å². The normalized spacial score (nSPS) is 10.0. The van der Waals surface area contributed by atoms with Crippen molar-refractivity contribution >= 4 is 57.8 Å².